The largest absolute Gasteiger partial charge is 0.435 e. The number of nitrogens with zero attached hydrogens (tertiary/aromatic N) is 3. The van der Waals surface area contributed by atoms with Gasteiger partial charge in [0.1, 0.15) is 11.6 Å². The second-order valence-corrected chi connectivity index (χ2v) is 9.18. The number of benzene rings is 3. The van der Waals surface area contributed by atoms with Crippen molar-refractivity contribution in [2.45, 2.75) is 24.6 Å². The van der Waals surface area contributed by atoms with Crippen molar-refractivity contribution in [2.24, 2.45) is 11.6 Å². The molecule has 0 aliphatic heterocycles. The number of aryl methyl sites for hydroxylation is 1. The maximum atomic E-state index is 13.4. The number of ether oxygens (including phenoxy) is 1. The van der Waals surface area contributed by atoms with Crippen LogP contribution in [-0.4, -0.2) is 22.4 Å². The number of thioether (sulfide) groups is 1. The summed E-state index contributed by atoms with van der Waals surface area (Å²) in [6.45, 7) is -1.53. The van der Waals surface area contributed by atoms with E-state index in [0.717, 1.165) is 22.2 Å². The SMILES string of the molecule is CSc1cccc(-c2ccc(-n3cc(C(F)(F)F)nc3C)c(N(N)/C(=C\N)c3ccc(OC(F)F)cc3)c2)c1. The smallest absolute Gasteiger partial charge is 0.434 e. The summed E-state index contributed by atoms with van der Waals surface area (Å²) in [4.78, 5) is 4.70. The molecule has 0 spiro atoms. The van der Waals surface area contributed by atoms with E-state index in [2.05, 4.69) is 9.72 Å². The molecule has 6 nitrogen and oxygen atoms in total. The fourth-order valence-electron chi connectivity index (χ4n) is 4.01. The number of aromatic nitrogens is 2. The third-order valence-electron chi connectivity index (χ3n) is 5.86. The van der Waals surface area contributed by atoms with E-state index in [1.807, 2.05) is 30.5 Å². The van der Waals surface area contributed by atoms with E-state index in [9.17, 15) is 22.0 Å². The van der Waals surface area contributed by atoms with Gasteiger partial charge in [-0.3, -0.25) is 5.01 Å². The molecule has 4 N–H and O–H groups in total. The van der Waals surface area contributed by atoms with E-state index in [1.165, 1.54) is 47.0 Å². The predicted molar refractivity (Wildman–Crippen MR) is 142 cm³/mol. The van der Waals surface area contributed by atoms with Crippen molar-refractivity contribution in [2.75, 3.05) is 11.3 Å². The molecule has 4 rings (SSSR count). The Labute approximate surface area is 225 Å². The van der Waals surface area contributed by atoms with E-state index in [1.54, 1.807) is 30.0 Å². The molecule has 0 saturated heterocycles. The molecule has 1 aromatic heterocycles. The van der Waals surface area contributed by atoms with E-state index >= 15 is 0 Å². The Morgan fingerprint density at radius 3 is 2.33 bits per heavy atom. The fourth-order valence-corrected chi connectivity index (χ4v) is 4.47. The number of hydrazine groups is 1. The number of alkyl halides is 5. The average Bonchev–Trinajstić information content (AvgIpc) is 3.31. The molecule has 12 heteroatoms. The van der Waals surface area contributed by atoms with Crippen molar-refractivity contribution in [3.05, 3.63) is 96.2 Å². The topological polar surface area (TPSA) is 82.3 Å². The van der Waals surface area contributed by atoms with E-state index in [-0.39, 0.29) is 17.3 Å². The number of anilines is 1. The molecule has 0 radical (unpaired) electrons. The van der Waals surface area contributed by atoms with Crippen LogP contribution in [0.5, 0.6) is 5.75 Å². The van der Waals surface area contributed by atoms with Crippen LogP contribution in [-0.2, 0) is 6.18 Å². The van der Waals surface area contributed by atoms with Crippen molar-refractivity contribution in [1.29, 1.82) is 0 Å². The molecular weight excluding hydrogens is 537 g/mol. The van der Waals surface area contributed by atoms with Crippen molar-refractivity contribution in [3.8, 4) is 22.6 Å². The van der Waals surface area contributed by atoms with Gasteiger partial charge in [0.2, 0.25) is 0 Å². The first-order chi connectivity index (χ1) is 18.5. The lowest BCUT2D eigenvalue weighted by Gasteiger charge is -2.26. The second kappa shape index (κ2) is 11.4. The van der Waals surface area contributed by atoms with Crippen LogP contribution in [0.25, 0.3) is 22.5 Å². The van der Waals surface area contributed by atoms with Gasteiger partial charge in [-0.25, -0.2) is 10.8 Å². The highest BCUT2D eigenvalue weighted by molar-refractivity contribution is 7.98. The summed E-state index contributed by atoms with van der Waals surface area (Å²) >= 11 is 1.57. The van der Waals surface area contributed by atoms with Crippen LogP contribution in [0.4, 0.5) is 27.6 Å². The first-order valence-corrected chi connectivity index (χ1v) is 12.7. The maximum Gasteiger partial charge on any atom is 0.434 e. The summed E-state index contributed by atoms with van der Waals surface area (Å²) in [6, 6.07) is 18.6. The molecule has 4 aromatic rings. The Kier molecular flexibility index (Phi) is 8.17. The lowest BCUT2D eigenvalue weighted by atomic mass is 10.0. The summed E-state index contributed by atoms with van der Waals surface area (Å²) in [5.41, 5.74) is 7.87. The van der Waals surface area contributed by atoms with Crippen LogP contribution in [0.2, 0.25) is 0 Å². The molecule has 39 heavy (non-hydrogen) atoms. The van der Waals surface area contributed by atoms with Gasteiger partial charge < -0.3 is 15.0 Å². The minimum atomic E-state index is -4.64. The Morgan fingerprint density at radius 2 is 1.74 bits per heavy atom. The maximum absolute atomic E-state index is 13.4. The second-order valence-electron chi connectivity index (χ2n) is 8.30. The molecule has 0 saturated carbocycles. The molecule has 0 amide bonds. The van der Waals surface area contributed by atoms with Gasteiger partial charge in [-0.05, 0) is 72.8 Å². The zero-order chi connectivity index (χ0) is 28.3. The van der Waals surface area contributed by atoms with Crippen molar-refractivity contribution in [3.63, 3.8) is 0 Å². The summed E-state index contributed by atoms with van der Waals surface area (Å²) in [7, 11) is 0. The van der Waals surface area contributed by atoms with Crippen LogP contribution in [0.1, 0.15) is 17.1 Å². The predicted octanol–water partition coefficient (Wildman–Crippen LogP) is 6.83. The minimum Gasteiger partial charge on any atom is -0.435 e. The summed E-state index contributed by atoms with van der Waals surface area (Å²) in [6.07, 6.45) is -0.569. The fraction of sp³-hybridized carbons (Fsp3) is 0.148. The van der Waals surface area contributed by atoms with Gasteiger partial charge >= 0.3 is 12.8 Å². The zero-order valence-electron chi connectivity index (χ0n) is 20.8. The zero-order valence-corrected chi connectivity index (χ0v) is 21.6. The molecule has 0 bridgehead atoms. The normalized spacial score (nSPS) is 12.2. The van der Waals surface area contributed by atoms with Gasteiger partial charge in [-0.2, -0.15) is 22.0 Å². The Hall–Kier alpha value is -4.03. The number of halogens is 5. The van der Waals surface area contributed by atoms with Gasteiger partial charge in [0.05, 0.1) is 17.1 Å². The minimum absolute atomic E-state index is 0.0567. The highest BCUT2D eigenvalue weighted by atomic mass is 32.2. The lowest BCUT2D eigenvalue weighted by molar-refractivity contribution is -0.141. The van der Waals surface area contributed by atoms with Gasteiger partial charge in [0, 0.05) is 22.9 Å². The molecule has 204 valence electrons. The number of nitrogens with two attached hydrogens (primary N) is 2. The Bertz CT molecular complexity index is 1480. The molecular formula is C27H24F5N5OS. The number of hydrogen-bond donors (Lipinski definition) is 2. The van der Waals surface area contributed by atoms with E-state index in [0.29, 0.717) is 16.9 Å². The summed E-state index contributed by atoms with van der Waals surface area (Å²) in [5, 5.41) is 1.23. The number of hydrogen-bond acceptors (Lipinski definition) is 6. The van der Waals surface area contributed by atoms with E-state index < -0.39 is 18.5 Å². The molecule has 1 heterocycles. The van der Waals surface area contributed by atoms with Crippen molar-refractivity contribution in [1.82, 2.24) is 9.55 Å². The highest BCUT2D eigenvalue weighted by Gasteiger charge is 2.35. The third kappa shape index (κ3) is 6.18. The van der Waals surface area contributed by atoms with Crippen molar-refractivity contribution >= 4 is 23.1 Å². The standard InChI is InChI=1S/C27H24F5N5OS/c1-16-35-25(27(30,31)32)15-36(16)22-11-8-19(18-4-3-5-21(12-18)39-2)13-23(22)37(34)24(14-33)17-6-9-20(10-7-17)38-26(28)29/h3-15,26H,33-34H2,1-2H3/b24-14-. The quantitative estimate of drug-likeness (QED) is 0.106. The Balaban J connectivity index is 1.85. The van der Waals surface area contributed by atoms with Gasteiger partial charge in [0.25, 0.3) is 0 Å². The van der Waals surface area contributed by atoms with Crippen molar-refractivity contribution < 1.29 is 26.7 Å². The first-order valence-electron chi connectivity index (χ1n) is 11.5. The van der Waals surface area contributed by atoms with Gasteiger partial charge in [-0.1, -0.05) is 18.2 Å². The van der Waals surface area contributed by atoms with Crippen LogP contribution < -0.4 is 21.3 Å². The van der Waals surface area contributed by atoms with E-state index in [4.69, 9.17) is 11.6 Å². The molecule has 0 aliphatic rings. The molecule has 3 aromatic carbocycles. The first kappa shape index (κ1) is 28.0. The third-order valence-corrected chi connectivity index (χ3v) is 6.59. The van der Waals surface area contributed by atoms with Crippen LogP contribution >= 0.6 is 11.8 Å². The Morgan fingerprint density at radius 1 is 1.05 bits per heavy atom. The summed E-state index contributed by atoms with van der Waals surface area (Å²) < 4.78 is 71.1. The summed E-state index contributed by atoms with van der Waals surface area (Å²) in [5.74, 6) is 6.60. The molecule has 0 unspecified atom stereocenters. The van der Waals surface area contributed by atoms with Gasteiger partial charge in [0.15, 0.2) is 5.69 Å². The lowest BCUT2D eigenvalue weighted by Crippen LogP contribution is -2.31. The molecule has 0 atom stereocenters. The number of rotatable bonds is 8. The van der Waals surface area contributed by atoms with Gasteiger partial charge in [-0.15, -0.1) is 11.8 Å². The molecule has 0 fully saturated rings. The highest BCUT2D eigenvalue weighted by Crippen LogP contribution is 2.36. The number of imidazole rings is 1. The molecule has 0 aliphatic carbocycles. The average molecular weight is 562 g/mol. The van der Waals surface area contributed by atoms with Crippen LogP contribution in [0.3, 0.4) is 0 Å². The van der Waals surface area contributed by atoms with Crippen LogP contribution in [0.15, 0.2) is 84.0 Å². The van der Waals surface area contributed by atoms with Crippen LogP contribution in [0, 0.1) is 6.92 Å². The monoisotopic (exact) mass is 561 g/mol.